The number of methoxy groups -OCH3 is 1. The zero-order chi connectivity index (χ0) is 14.1. The molecule has 0 amide bonds. The normalized spacial score (nSPS) is 18.8. The number of rotatable bonds is 9. The van der Waals surface area contributed by atoms with Gasteiger partial charge in [0.2, 0.25) is 10.0 Å². The van der Waals surface area contributed by atoms with Gasteiger partial charge in [0.05, 0.1) is 5.75 Å². The maximum absolute atomic E-state index is 12.1. The smallest absolute Gasteiger partial charge is 0.214 e. The maximum atomic E-state index is 12.1. The van der Waals surface area contributed by atoms with Gasteiger partial charge >= 0.3 is 0 Å². The van der Waals surface area contributed by atoms with Crippen molar-refractivity contribution < 1.29 is 13.2 Å². The molecule has 6 nitrogen and oxygen atoms in total. The van der Waals surface area contributed by atoms with Gasteiger partial charge < -0.3 is 15.4 Å². The predicted molar refractivity (Wildman–Crippen MR) is 76.6 cm³/mol. The standard InChI is InChI=1S/C12H27N3O3S/c1-18-11-4-12-19(16,17)15-9-7-14(8-10-15)6-3-2-5-13/h2-13H2,1H3. The molecule has 1 fully saturated rings. The Bertz CT molecular complexity index is 327. The topological polar surface area (TPSA) is 75.9 Å². The van der Waals surface area contributed by atoms with Crippen molar-refractivity contribution in [2.75, 3.05) is 58.7 Å². The number of ether oxygens (including phenoxy) is 1. The van der Waals surface area contributed by atoms with Crippen molar-refractivity contribution in [3.05, 3.63) is 0 Å². The molecule has 19 heavy (non-hydrogen) atoms. The number of hydrogen-bond donors (Lipinski definition) is 1. The lowest BCUT2D eigenvalue weighted by Gasteiger charge is -2.34. The van der Waals surface area contributed by atoms with E-state index in [0.717, 1.165) is 39.0 Å². The highest BCUT2D eigenvalue weighted by atomic mass is 32.2. The molecule has 0 spiro atoms. The molecule has 0 bridgehead atoms. The first kappa shape index (κ1) is 16.8. The molecular formula is C12H27N3O3S. The maximum Gasteiger partial charge on any atom is 0.214 e. The van der Waals surface area contributed by atoms with E-state index in [0.29, 0.717) is 26.1 Å². The monoisotopic (exact) mass is 293 g/mol. The molecule has 114 valence electrons. The molecule has 0 aromatic rings. The number of nitrogens with two attached hydrogens (primary N) is 1. The van der Waals surface area contributed by atoms with E-state index in [1.165, 1.54) is 0 Å². The minimum absolute atomic E-state index is 0.189. The lowest BCUT2D eigenvalue weighted by molar-refractivity contribution is 0.183. The fourth-order valence-corrected chi connectivity index (χ4v) is 3.69. The third kappa shape index (κ3) is 6.18. The summed E-state index contributed by atoms with van der Waals surface area (Å²) in [7, 11) is -1.51. The molecule has 1 heterocycles. The summed E-state index contributed by atoms with van der Waals surface area (Å²) in [5, 5.41) is 0. The third-order valence-corrected chi connectivity index (χ3v) is 5.36. The summed E-state index contributed by atoms with van der Waals surface area (Å²) in [5.74, 6) is 0.189. The number of sulfonamides is 1. The van der Waals surface area contributed by atoms with Crippen LogP contribution in [-0.4, -0.2) is 76.4 Å². The molecular weight excluding hydrogens is 266 g/mol. The van der Waals surface area contributed by atoms with Gasteiger partial charge in [-0.3, -0.25) is 0 Å². The van der Waals surface area contributed by atoms with Crippen molar-refractivity contribution in [2.45, 2.75) is 19.3 Å². The molecule has 1 aliphatic rings. The second-order valence-corrected chi connectivity index (χ2v) is 6.99. The van der Waals surface area contributed by atoms with Gasteiger partial charge in [0.25, 0.3) is 0 Å². The van der Waals surface area contributed by atoms with E-state index < -0.39 is 10.0 Å². The first-order chi connectivity index (χ1) is 9.10. The fraction of sp³-hybridized carbons (Fsp3) is 1.00. The van der Waals surface area contributed by atoms with Crippen molar-refractivity contribution in [1.29, 1.82) is 0 Å². The largest absolute Gasteiger partial charge is 0.385 e. The van der Waals surface area contributed by atoms with Gasteiger partial charge in [-0.1, -0.05) is 0 Å². The SMILES string of the molecule is COCCCS(=O)(=O)N1CCN(CCCCN)CC1. The molecule has 0 aromatic heterocycles. The lowest BCUT2D eigenvalue weighted by atomic mass is 10.2. The summed E-state index contributed by atoms with van der Waals surface area (Å²) in [6, 6.07) is 0. The van der Waals surface area contributed by atoms with Crippen LogP contribution >= 0.6 is 0 Å². The summed E-state index contributed by atoms with van der Waals surface area (Å²) in [6.45, 7) is 5.12. The molecule has 0 unspecified atom stereocenters. The van der Waals surface area contributed by atoms with Gasteiger partial charge in [-0.05, 0) is 32.4 Å². The second-order valence-electron chi connectivity index (χ2n) is 4.90. The average molecular weight is 293 g/mol. The van der Waals surface area contributed by atoms with E-state index in [1.54, 1.807) is 11.4 Å². The van der Waals surface area contributed by atoms with Gasteiger partial charge in [0, 0.05) is 39.9 Å². The first-order valence-electron chi connectivity index (χ1n) is 6.99. The van der Waals surface area contributed by atoms with Gasteiger partial charge in [0.15, 0.2) is 0 Å². The summed E-state index contributed by atoms with van der Waals surface area (Å²) in [4.78, 5) is 2.32. The van der Waals surface area contributed by atoms with Crippen LogP contribution in [0.15, 0.2) is 0 Å². The molecule has 0 aliphatic carbocycles. The van der Waals surface area contributed by atoms with E-state index in [4.69, 9.17) is 10.5 Å². The summed E-state index contributed by atoms with van der Waals surface area (Å²) in [6.07, 6.45) is 2.70. The number of unbranched alkanes of at least 4 members (excludes halogenated alkanes) is 1. The van der Waals surface area contributed by atoms with Crippen molar-refractivity contribution in [1.82, 2.24) is 9.21 Å². The second kappa shape index (κ2) is 8.86. The Balaban J connectivity index is 2.28. The highest BCUT2D eigenvalue weighted by Gasteiger charge is 2.25. The molecule has 0 atom stereocenters. The quantitative estimate of drug-likeness (QED) is 0.591. The first-order valence-corrected chi connectivity index (χ1v) is 8.60. The highest BCUT2D eigenvalue weighted by Crippen LogP contribution is 2.09. The number of nitrogens with zero attached hydrogens (tertiary/aromatic N) is 2. The van der Waals surface area contributed by atoms with Crippen LogP contribution < -0.4 is 5.73 Å². The third-order valence-electron chi connectivity index (χ3n) is 3.40. The Hall–Kier alpha value is -0.210. The van der Waals surface area contributed by atoms with Crippen molar-refractivity contribution >= 4 is 10.0 Å². The Kier molecular flexibility index (Phi) is 7.86. The Morgan fingerprint density at radius 2 is 1.79 bits per heavy atom. The lowest BCUT2D eigenvalue weighted by Crippen LogP contribution is -2.49. The van der Waals surface area contributed by atoms with E-state index >= 15 is 0 Å². The summed E-state index contributed by atoms with van der Waals surface area (Å²) in [5.41, 5.74) is 5.46. The van der Waals surface area contributed by atoms with Crippen LogP contribution in [0.1, 0.15) is 19.3 Å². The zero-order valence-electron chi connectivity index (χ0n) is 11.9. The van der Waals surface area contributed by atoms with E-state index in [2.05, 4.69) is 4.90 Å². The summed E-state index contributed by atoms with van der Waals surface area (Å²) >= 11 is 0. The van der Waals surface area contributed by atoms with Crippen LogP contribution in [0.3, 0.4) is 0 Å². The average Bonchev–Trinajstić information content (AvgIpc) is 2.40. The van der Waals surface area contributed by atoms with Crippen LogP contribution in [0.4, 0.5) is 0 Å². The van der Waals surface area contributed by atoms with Gasteiger partial charge in [-0.25, -0.2) is 8.42 Å². The van der Waals surface area contributed by atoms with Gasteiger partial charge in [-0.2, -0.15) is 4.31 Å². The Morgan fingerprint density at radius 1 is 1.11 bits per heavy atom. The van der Waals surface area contributed by atoms with E-state index in [1.807, 2.05) is 0 Å². The molecule has 7 heteroatoms. The number of hydrogen-bond acceptors (Lipinski definition) is 5. The van der Waals surface area contributed by atoms with E-state index in [9.17, 15) is 8.42 Å². The minimum atomic E-state index is -3.10. The molecule has 1 rings (SSSR count). The fourth-order valence-electron chi connectivity index (χ4n) is 2.23. The van der Waals surface area contributed by atoms with Crippen LogP contribution in [-0.2, 0) is 14.8 Å². The predicted octanol–water partition coefficient (Wildman–Crippen LogP) is -0.291. The Morgan fingerprint density at radius 3 is 2.37 bits per heavy atom. The molecule has 1 aliphatic heterocycles. The molecule has 0 saturated carbocycles. The highest BCUT2D eigenvalue weighted by molar-refractivity contribution is 7.89. The van der Waals surface area contributed by atoms with Crippen molar-refractivity contribution in [3.8, 4) is 0 Å². The van der Waals surface area contributed by atoms with Crippen molar-refractivity contribution in [3.63, 3.8) is 0 Å². The molecule has 1 saturated heterocycles. The van der Waals surface area contributed by atoms with Crippen LogP contribution in [0.2, 0.25) is 0 Å². The number of piperazine rings is 1. The summed E-state index contributed by atoms with van der Waals surface area (Å²) < 4.78 is 30.6. The van der Waals surface area contributed by atoms with Crippen LogP contribution in [0.5, 0.6) is 0 Å². The molecule has 0 aromatic carbocycles. The van der Waals surface area contributed by atoms with Gasteiger partial charge in [0.1, 0.15) is 0 Å². The van der Waals surface area contributed by atoms with Crippen LogP contribution in [0, 0.1) is 0 Å². The molecule has 2 N–H and O–H groups in total. The van der Waals surface area contributed by atoms with Crippen LogP contribution in [0.25, 0.3) is 0 Å². The zero-order valence-corrected chi connectivity index (χ0v) is 12.7. The van der Waals surface area contributed by atoms with E-state index in [-0.39, 0.29) is 5.75 Å². The van der Waals surface area contributed by atoms with Crippen molar-refractivity contribution in [2.24, 2.45) is 5.73 Å². The van der Waals surface area contributed by atoms with Gasteiger partial charge in [-0.15, -0.1) is 0 Å². The minimum Gasteiger partial charge on any atom is -0.385 e. The molecule has 0 radical (unpaired) electrons. The Labute approximate surface area is 116 Å².